The fourth-order valence-electron chi connectivity index (χ4n) is 1.60. The Bertz CT molecular complexity index is 423. The van der Waals surface area contributed by atoms with E-state index in [1.54, 1.807) is 12.0 Å². The zero-order valence-corrected chi connectivity index (χ0v) is 12.3. The summed E-state index contributed by atoms with van der Waals surface area (Å²) in [5.41, 5.74) is 0.459. The third-order valence-corrected chi connectivity index (χ3v) is 3.24. The van der Waals surface area contributed by atoms with Gasteiger partial charge in [-0.15, -0.1) is 0 Å². The van der Waals surface area contributed by atoms with Gasteiger partial charge in [-0.1, -0.05) is 0 Å². The molecule has 1 rings (SSSR count). The Morgan fingerprint density at radius 3 is 2.67 bits per heavy atom. The molecule has 0 spiro atoms. The SMILES string of the molecule is COCCN(C(=O)c1ccc(F)cc1Br)C(C)C. The van der Waals surface area contributed by atoms with Crippen LogP contribution >= 0.6 is 15.9 Å². The van der Waals surface area contributed by atoms with E-state index in [2.05, 4.69) is 15.9 Å². The average molecular weight is 318 g/mol. The monoisotopic (exact) mass is 317 g/mol. The zero-order chi connectivity index (χ0) is 13.7. The maximum atomic E-state index is 13.0. The Kier molecular flexibility index (Phi) is 5.75. The van der Waals surface area contributed by atoms with Crippen molar-refractivity contribution in [3.63, 3.8) is 0 Å². The van der Waals surface area contributed by atoms with Crippen LogP contribution in [-0.2, 0) is 4.74 Å². The second-order valence-electron chi connectivity index (χ2n) is 4.21. The number of halogens is 2. The molecule has 1 aromatic rings. The van der Waals surface area contributed by atoms with E-state index in [9.17, 15) is 9.18 Å². The van der Waals surface area contributed by atoms with Crippen molar-refractivity contribution in [2.75, 3.05) is 20.3 Å². The predicted octanol–water partition coefficient (Wildman–Crippen LogP) is 3.09. The maximum Gasteiger partial charge on any atom is 0.255 e. The predicted molar refractivity (Wildman–Crippen MR) is 72.1 cm³/mol. The van der Waals surface area contributed by atoms with Gasteiger partial charge in [0.2, 0.25) is 0 Å². The van der Waals surface area contributed by atoms with E-state index in [0.29, 0.717) is 23.2 Å². The highest BCUT2D eigenvalue weighted by Gasteiger charge is 2.20. The molecule has 100 valence electrons. The van der Waals surface area contributed by atoms with Crippen LogP contribution in [0.2, 0.25) is 0 Å². The molecule has 0 aliphatic heterocycles. The number of nitrogens with zero attached hydrogens (tertiary/aromatic N) is 1. The van der Waals surface area contributed by atoms with Crippen LogP contribution in [0.15, 0.2) is 22.7 Å². The summed E-state index contributed by atoms with van der Waals surface area (Å²) < 4.78 is 18.5. The van der Waals surface area contributed by atoms with Crippen molar-refractivity contribution in [1.29, 1.82) is 0 Å². The van der Waals surface area contributed by atoms with Gasteiger partial charge in [0.05, 0.1) is 12.2 Å². The first-order valence-corrected chi connectivity index (χ1v) is 6.51. The number of methoxy groups -OCH3 is 1. The van der Waals surface area contributed by atoms with Crippen molar-refractivity contribution in [2.45, 2.75) is 19.9 Å². The minimum atomic E-state index is -0.369. The molecule has 0 bridgehead atoms. The summed E-state index contributed by atoms with van der Waals surface area (Å²) in [7, 11) is 1.59. The standard InChI is InChI=1S/C13H17BrFNO2/c1-9(2)16(6-7-18-3)13(17)11-5-4-10(15)8-12(11)14/h4-5,8-9H,6-7H2,1-3H3. The smallest absolute Gasteiger partial charge is 0.255 e. The molecule has 0 atom stereocenters. The summed E-state index contributed by atoms with van der Waals surface area (Å²) in [6, 6.07) is 4.13. The maximum absolute atomic E-state index is 13.0. The molecule has 0 aromatic heterocycles. The molecule has 0 saturated carbocycles. The number of carbonyl (C=O) groups excluding carboxylic acids is 1. The van der Waals surface area contributed by atoms with E-state index in [0.717, 1.165) is 0 Å². The van der Waals surface area contributed by atoms with E-state index >= 15 is 0 Å². The zero-order valence-electron chi connectivity index (χ0n) is 10.7. The quantitative estimate of drug-likeness (QED) is 0.835. The molecule has 0 unspecified atom stereocenters. The number of benzene rings is 1. The largest absolute Gasteiger partial charge is 0.383 e. The Morgan fingerprint density at radius 1 is 1.50 bits per heavy atom. The minimum absolute atomic E-state index is 0.0598. The molecule has 1 amide bonds. The van der Waals surface area contributed by atoms with Crippen molar-refractivity contribution in [1.82, 2.24) is 4.90 Å². The molecule has 0 heterocycles. The molecular formula is C13H17BrFNO2. The van der Waals surface area contributed by atoms with Gasteiger partial charge in [-0.25, -0.2) is 4.39 Å². The van der Waals surface area contributed by atoms with Crippen LogP contribution in [0.1, 0.15) is 24.2 Å². The number of carbonyl (C=O) groups is 1. The molecule has 1 aromatic carbocycles. The number of hydrogen-bond donors (Lipinski definition) is 0. The Balaban J connectivity index is 2.94. The van der Waals surface area contributed by atoms with E-state index in [1.807, 2.05) is 13.8 Å². The first-order valence-electron chi connectivity index (χ1n) is 5.72. The molecule has 0 saturated heterocycles. The number of rotatable bonds is 5. The molecule has 0 N–H and O–H groups in total. The fraction of sp³-hybridized carbons (Fsp3) is 0.462. The number of hydrogen-bond acceptors (Lipinski definition) is 2. The van der Waals surface area contributed by atoms with E-state index in [4.69, 9.17) is 4.74 Å². The van der Waals surface area contributed by atoms with Gasteiger partial charge >= 0.3 is 0 Å². The average Bonchev–Trinajstić information content (AvgIpc) is 2.28. The van der Waals surface area contributed by atoms with Crippen molar-refractivity contribution in [3.05, 3.63) is 34.1 Å². The van der Waals surface area contributed by atoms with Crippen molar-refractivity contribution in [2.24, 2.45) is 0 Å². The second kappa shape index (κ2) is 6.85. The van der Waals surface area contributed by atoms with Crippen molar-refractivity contribution in [3.8, 4) is 0 Å². The molecule has 3 nitrogen and oxygen atoms in total. The van der Waals surface area contributed by atoms with Gasteiger partial charge in [0.15, 0.2) is 0 Å². The second-order valence-corrected chi connectivity index (χ2v) is 5.06. The van der Waals surface area contributed by atoms with E-state index in [1.165, 1.54) is 18.2 Å². The van der Waals surface area contributed by atoms with Gasteiger partial charge in [-0.05, 0) is 48.0 Å². The van der Waals surface area contributed by atoms with Crippen LogP contribution in [0.5, 0.6) is 0 Å². The Morgan fingerprint density at radius 2 is 2.17 bits per heavy atom. The molecular weight excluding hydrogens is 301 g/mol. The normalized spacial score (nSPS) is 10.8. The van der Waals surface area contributed by atoms with Gasteiger partial charge in [0.25, 0.3) is 5.91 Å². The summed E-state index contributed by atoms with van der Waals surface area (Å²) in [5, 5.41) is 0. The van der Waals surface area contributed by atoms with Crippen LogP contribution in [0.25, 0.3) is 0 Å². The van der Waals surface area contributed by atoms with Crippen LogP contribution in [0.4, 0.5) is 4.39 Å². The summed E-state index contributed by atoms with van der Waals surface area (Å²) in [4.78, 5) is 14.0. The van der Waals surface area contributed by atoms with E-state index < -0.39 is 0 Å². The Labute approximate surface area is 115 Å². The number of ether oxygens (including phenoxy) is 1. The van der Waals surface area contributed by atoms with Gasteiger partial charge < -0.3 is 9.64 Å². The third-order valence-electron chi connectivity index (χ3n) is 2.58. The van der Waals surface area contributed by atoms with Gasteiger partial charge in [0, 0.05) is 24.2 Å². The van der Waals surface area contributed by atoms with Crippen LogP contribution in [0, 0.1) is 5.82 Å². The first-order chi connectivity index (χ1) is 8.47. The van der Waals surface area contributed by atoms with Gasteiger partial charge in [-0.2, -0.15) is 0 Å². The highest BCUT2D eigenvalue weighted by molar-refractivity contribution is 9.10. The molecule has 0 aliphatic carbocycles. The topological polar surface area (TPSA) is 29.5 Å². The van der Waals surface area contributed by atoms with Gasteiger partial charge in [-0.3, -0.25) is 4.79 Å². The van der Waals surface area contributed by atoms with Crippen LogP contribution in [-0.4, -0.2) is 37.1 Å². The van der Waals surface area contributed by atoms with E-state index in [-0.39, 0.29) is 17.8 Å². The van der Waals surface area contributed by atoms with Crippen molar-refractivity contribution >= 4 is 21.8 Å². The molecule has 0 radical (unpaired) electrons. The molecule has 18 heavy (non-hydrogen) atoms. The summed E-state index contributed by atoms with van der Waals surface area (Å²) >= 11 is 3.21. The van der Waals surface area contributed by atoms with Crippen LogP contribution < -0.4 is 0 Å². The fourth-order valence-corrected chi connectivity index (χ4v) is 2.12. The van der Waals surface area contributed by atoms with Gasteiger partial charge in [0.1, 0.15) is 5.82 Å². The first kappa shape index (κ1) is 15.1. The van der Waals surface area contributed by atoms with Crippen molar-refractivity contribution < 1.29 is 13.9 Å². The lowest BCUT2D eigenvalue weighted by Crippen LogP contribution is -2.39. The lowest BCUT2D eigenvalue weighted by Gasteiger charge is -2.27. The van der Waals surface area contributed by atoms with Crippen LogP contribution in [0.3, 0.4) is 0 Å². The highest BCUT2D eigenvalue weighted by atomic mass is 79.9. The number of amides is 1. The summed E-state index contributed by atoms with van der Waals surface area (Å²) in [6.07, 6.45) is 0. The third kappa shape index (κ3) is 3.78. The lowest BCUT2D eigenvalue weighted by molar-refractivity contribution is 0.0634. The highest BCUT2D eigenvalue weighted by Crippen LogP contribution is 2.20. The summed E-state index contributed by atoms with van der Waals surface area (Å²) in [5.74, 6) is -0.500. The minimum Gasteiger partial charge on any atom is -0.383 e. The Hall–Kier alpha value is -0.940. The summed E-state index contributed by atoms with van der Waals surface area (Å²) in [6.45, 7) is 4.86. The molecule has 5 heteroatoms. The lowest BCUT2D eigenvalue weighted by atomic mass is 10.1. The molecule has 0 aliphatic rings. The molecule has 0 fully saturated rings.